The van der Waals surface area contributed by atoms with Crippen LogP contribution in [0.4, 0.5) is 11.5 Å². The molecule has 0 fully saturated rings. The van der Waals surface area contributed by atoms with Crippen LogP contribution in [-0.4, -0.2) is 12.1 Å². The third-order valence-electron chi connectivity index (χ3n) is 3.09. The van der Waals surface area contributed by atoms with Crippen LogP contribution in [0.5, 0.6) is 5.88 Å². The number of anilines is 2. The van der Waals surface area contributed by atoms with E-state index in [0.29, 0.717) is 5.88 Å². The summed E-state index contributed by atoms with van der Waals surface area (Å²) >= 11 is 0. The van der Waals surface area contributed by atoms with Crippen molar-refractivity contribution in [3.63, 3.8) is 0 Å². The van der Waals surface area contributed by atoms with Crippen LogP contribution >= 0.6 is 0 Å². The minimum Gasteiger partial charge on any atom is -0.481 e. The Bertz CT molecular complexity index is 579. The monoisotopic (exact) mass is 256 g/mol. The molecule has 0 aliphatic heterocycles. The smallest absolute Gasteiger partial charge is 0.214 e. The first-order chi connectivity index (χ1) is 9.12. The number of aromatic nitrogens is 1. The van der Waals surface area contributed by atoms with Gasteiger partial charge in [0.05, 0.1) is 7.11 Å². The molecule has 100 valence electrons. The minimum absolute atomic E-state index is 0.622. The zero-order chi connectivity index (χ0) is 13.8. The number of hydrogen-bond acceptors (Lipinski definition) is 3. The summed E-state index contributed by atoms with van der Waals surface area (Å²) in [4.78, 5) is 4.44. The van der Waals surface area contributed by atoms with Crippen LogP contribution in [0.15, 0.2) is 30.3 Å². The molecule has 0 atom stereocenters. The lowest BCUT2D eigenvalue weighted by molar-refractivity contribution is 0.398. The molecule has 1 aromatic carbocycles. The maximum Gasteiger partial charge on any atom is 0.214 e. The van der Waals surface area contributed by atoms with E-state index in [2.05, 4.69) is 42.3 Å². The SMILES string of the molecule is CCc1cc(C)cc(Nc2nc(OC)ccc2C)c1. The van der Waals surface area contributed by atoms with E-state index in [9.17, 15) is 0 Å². The van der Waals surface area contributed by atoms with Gasteiger partial charge in [0, 0.05) is 11.8 Å². The molecule has 19 heavy (non-hydrogen) atoms. The molecule has 3 heteroatoms. The molecular formula is C16H20N2O. The topological polar surface area (TPSA) is 34.2 Å². The summed E-state index contributed by atoms with van der Waals surface area (Å²) in [6.45, 7) is 6.30. The van der Waals surface area contributed by atoms with Crippen molar-refractivity contribution in [2.75, 3.05) is 12.4 Å². The largest absolute Gasteiger partial charge is 0.481 e. The Labute approximate surface area is 114 Å². The van der Waals surface area contributed by atoms with Crippen molar-refractivity contribution in [3.8, 4) is 5.88 Å². The van der Waals surface area contributed by atoms with Crippen LogP contribution in [0, 0.1) is 13.8 Å². The molecule has 0 aliphatic rings. The fourth-order valence-electron chi connectivity index (χ4n) is 2.03. The molecule has 1 heterocycles. The molecule has 0 aliphatic carbocycles. The van der Waals surface area contributed by atoms with Crippen LogP contribution in [-0.2, 0) is 6.42 Å². The van der Waals surface area contributed by atoms with E-state index in [-0.39, 0.29) is 0 Å². The predicted molar refractivity (Wildman–Crippen MR) is 79.4 cm³/mol. The van der Waals surface area contributed by atoms with Gasteiger partial charge in [0.25, 0.3) is 0 Å². The zero-order valence-electron chi connectivity index (χ0n) is 11.9. The number of ether oxygens (including phenoxy) is 1. The Kier molecular flexibility index (Phi) is 4.05. The lowest BCUT2D eigenvalue weighted by Crippen LogP contribution is -1.99. The highest BCUT2D eigenvalue weighted by molar-refractivity contribution is 5.61. The van der Waals surface area contributed by atoms with Gasteiger partial charge in [0.15, 0.2) is 0 Å². The molecule has 0 saturated carbocycles. The van der Waals surface area contributed by atoms with E-state index in [1.54, 1.807) is 7.11 Å². The van der Waals surface area contributed by atoms with Crippen molar-refractivity contribution >= 4 is 11.5 Å². The lowest BCUT2D eigenvalue weighted by Gasteiger charge is -2.12. The van der Waals surface area contributed by atoms with Gasteiger partial charge in [-0.05, 0) is 49.1 Å². The summed E-state index contributed by atoms with van der Waals surface area (Å²) in [5.41, 5.74) is 4.74. The molecule has 0 spiro atoms. The van der Waals surface area contributed by atoms with Gasteiger partial charge in [0.1, 0.15) is 5.82 Å². The highest BCUT2D eigenvalue weighted by Gasteiger charge is 2.04. The summed E-state index contributed by atoms with van der Waals surface area (Å²) in [5.74, 6) is 1.46. The van der Waals surface area contributed by atoms with Crippen LogP contribution in [0.1, 0.15) is 23.6 Å². The van der Waals surface area contributed by atoms with Gasteiger partial charge >= 0.3 is 0 Å². The highest BCUT2D eigenvalue weighted by atomic mass is 16.5. The highest BCUT2D eigenvalue weighted by Crippen LogP contribution is 2.23. The van der Waals surface area contributed by atoms with Crippen molar-refractivity contribution in [2.24, 2.45) is 0 Å². The zero-order valence-corrected chi connectivity index (χ0v) is 11.9. The van der Waals surface area contributed by atoms with E-state index in [4.69, 9.17) is 4.74 Å². The second-order valence-electron chi connectivity index (χ2n) is 4.70. The van der Waals surface area contributed by atoms with Crippen LogP contribution in [0.2, 0.25) is 0 Å². The average Bonchev–Trinajstić information content (AvgIpc) is 2.40. The number of aryl methyl sites for hydroxylation is 3. The first-order valence-corrected chi connectivity index (χ1v) is 6.51. The third-order valence-corrected chi connectivity index (χ3v) is 3.09. The molecule has 0 radical (unpaired) electrons. The molecule has 3 nitrogen and oxygen atoms in total. The molecule has 0 saturated heterocycles. The molecule has 0 unspecified atom stereocenters. The van der Waals surface area contributed by atoms with Crippen molar-refractivity contribution < 1.29 is 4.74 Å². The normalized spacial score (nSPS) is 10.3. The quantitative estimate of drug-likeness (QED) is 0.897. The van der Waals surface area contributed by atoms with Crippen molar-refractivity contribution in [3.05, 3.63) is 47.0 Å². The summed E-state index contributed by atoms with van der Waals surface area (Å²) in [6.07, 6.45) is 1.03. The van der Waals surface area contributed by atoms with Gasteiger partial charge in [-0.3, -0.25) is 0 Å². The molecular weight excluding hydrogens is 236 g/mol. The van der Waals surface area contributed by atoms with Gasteiger partial charge in [-0.2, -0.15) is 4.98 Å². The number of methoxy groups -OCH3 is 1. The minimum atomic E-state index is 0.622. The molecule has 1 aromatic heterocycles. The molecule has 2 aromatic rings. The average molecular weight is 256 g/mol. The fraction of sp³-hybridized carbons (Fsp3) is 0.312. The second kappa shape index (κ2) is 5.74. The summed E-state index contributed by atoms with van der Waals surface area (Å²) < 4.78 is 5.17. The van der Waals surface area contributed by atoms with Crippen LogP contribution < -0.4 is 10.1 Å². The predicted octanol–water partition coefficient (Wildman–Crippen LogP) is 4.01. The Morgan fingerprint density at radius 3 is 2.63 bits per heavy atom. The molecule has 0 amide bonds. The number of hydrogen-bond donors (Lipinski definition) is 1. The standard InChI is InChI=1S/C16H20N2O/c1-5-13-8-11(2)9-14(10-13)17-16-12(3)6-7-15(18-16)19-4/h6-10H,5H2,1-4H3,(H,17,18). The van der Waals surface area contributed by atoms with Gasteiger partial charge in [-0.25, -0.2) is 0 Å². The first-order valence-electron chi connectivity index (χ1n) is 6.51. The molecule has 2 rings (SSSR count). The van der Waals surface area contributed by atoms with E-state index in [1.807, 2.05) is 19.1 Å². The maximum absolute atomic E-state index is 5.17. The molecule has 0 bridgehead atoms. The van der Waals surface area contributed by atoms with Gasteiger partial charge in [0.2, 0.25) is 5.88 Å². The van der Waals surface area contributed by atoms with E-state index >= 15 is 0 Å². The Balaban J connectivity index is 2.32. The number of nitrogens with zero attached hydrogens (tertiary/aromatic N) is 1. The van der Waals surface area contributed by atoms with Crippen LogP contribution in [0.3, 0.4) is 0 Å². The van der Waals surface area contributed by atoms with Crippen molar-refractivity contribution in [1.82, 2.24) is 4.98 Å². The van der Waals surface area contributed by atoms with E-state index in [0.717, 1.165) is 23.5 Å². The summed E-state index contributed by atoms with van der Waals surface area (Å²) in [5, 5.41) is 3.37. The number of pyridine rings is 1. The fourth-order valence-corrected chi connectivity index (χ4v) is 2.03. The molecule has 1 N–H and O–H groups in total. The first kappa shape index (κ1) is 13.4. The summed E-state index contributed by atoms with van der Waals surface area (Å²) in [7, 11) is 1.63. The van der Waals surface area contributed by atoms with Gasteiger partial charge < -0.3 is 10.1 Å². The van der Waals surface area contributed by atoms with Crippen molar-refractivity contribution in [2.45, 2.75) is 27.2 Å². The lowest BCUT2D eigenvalue weighted by atomic mass is 10.1. The van der Waals surface area contributed by atoms with Crippen molar-refractivity contribution in [1.29, 1.82) is 0 Å². The van der Waals surface area contributed by atoms with Gasteiger partial charge in [-0.1, -0.05) is 19.1 Å². The maximum atomic E-state index is 5.17. The second-order valence-corrected chi connectivity index (χ2v) is 4.70. The van der Waals surface area contributed by atoms with E-state index < -0.39 is 0 Å². The van der Waals surface area contributed by atoms with Gasteiger partial charge in [-0.15, -0.1) is 0 Å². The number of nitrogens with one attached hydrogen (secondary N) is 1. The number of benzene rings is 1. The van der Waals surface area contributed by atoms with E-state index in [1.165, 1.54) is 11.1 Å². The Hall–Kier alpha value is -2.03. The third kappa shape index (κ3) is 3.25. The Morgan fingerprint density at radius 2 is 1.95 bits per heavy atom. The number of rotatable bonds is 4. The summed E-state index contributed by atoms with van der Waals surface area (Å²) in [6, 6.07) is 10.4. The Morgan fingerprint density at radius 1 is 1.16 bits per heavy atom. The van der Waals surface area contributed by atoms with Crippen LogP contribution in [0.25, 0.3) is 0 Å².